The average Bonchev–Trinajstić information content (AvgIpc) is 3.48. The lowest BCUT2D eigenvalue weighted by atomic mass is 9.99. The van der Waals surface area contributed by atoms with Gasteiger partial charge in [0, 0.05) is 64.3 Å². The third-order valence-electron chi connectivity index (χ3n) is 8.85. The van der Waals surface area contributed by atoms with Crippen LogP contribution in [-0.2, 0) is 29.1 Å². The fourth-order valence-electron chi connectivity index (χ4n) is 5.97. The second kappa shape index (κ2) is 15.1. The molecule has 14 nitrogen and oxygen atoms in total. The van der Waals surface area contributed by atoms with E-state index in [0.717, 1.165) is 16.8 Å². The number of β-amino-alcohol motifs (C(OH)–C–C–N with tert-alkyl or cyclic N) is 1. The number of nitrogens with one attached hydrogen (secondary N) is 2. The summed E-state index contributed by atoms with van der Waals surface area (Å²) in [5, 5.41) is 17.6. The molecule has 0 radical (unpaired) electrons. The Hall–Kier alpha value is -3.98. The zero-order valence-electron chi connectivity index (χ0n) is 27.6. The predicted molar refractivity (Wildman–Crippen MR) is 178 cm³/mol. The summed E-state index contributed by atoms with van der Waals surface area (Å²) in [6, 6.07) is 5.59. The van der Waals surface area contributed by atoms with Crippen LogP contribution < -0.4 is 20.3 Å². The van der Waals surface area contributed by atoms with E-state index in [-0.39, 0.29) is 36.7 Å². The van der Waals surface area contributed by atoms with Gasteiger partial charge in [-0.15, -0.1) is 0 Å². The number of oxazole rings is 1. The molecule has 3 aromatic rings. The van der Waals surface area contributed by atoms with Crippen LogP contribution in [0, 0.1) is 12.8 Å². The molecule has 15 heteroatoms. The molecular formula is C33H43ClN8O6. The lowest BCUT2D eigenvalue weighted by Crippen LogP contribution is -2.50. The number of piperazine rings is 1. The first-order valence-electron chi connectivity index (χ1n) is 16.4. The van der Waals surface area contributed by atoms with Crippen molar-refractivity contribution in [2.24, 2.45) is 5.92 Å². The standard InChI is InChI=1S/C33H43ClN8O6/c1-20(2)32(45)41-8-10-42(11-9-41)33-38-26(12-29(39-33)37-23-16-46-17-23)31(44)35-13-24(43)15-40-7-6-25-22(14-40)4-5-27(30(25)34)47-18-28-21(3)36-19-48-28/h4-5,12,19-20,23-24,43H,6-11,13-18H2,1-3H3,(H,35,44)(H,37,38,39)/t24-/m0/s1. The Labute approximate surface area is 284 Å². The maximum absolute atomic E-state index is 13.3. The van der Waals surface area contributed by atoms with Gasteiger partial charge in [-0.05, 0) is 30.5 Å². The third kappa shape index (κ3) is 8.00. The number of aliphatic hydroxyl groups is 1. The summed E-state index contributed by atoms with van der Waals surface area (Å²) in [5.74, 6) is 1.88. The molecule has 48 heavy (non-hydrogen) atoms. The topological polar surface area (TPSA) is 158 Å². The molecule has 2 aromatic heterocycles. The van der Waals surface area contributed by atoms with Crippen LogP contribution in [0.1, 0.15) is 46.9 Å². The number of hydrogen-bond acceptors (Lipinski definition) is 12. The Kier molecular flexibility index (Phi) is 10.6. The number of nitrogens with zero attached hydrogens (tertiary/aromatic N) is 6. The van der Waals surface area contributed by atoms with Crippen molar-refractivity contribution in [1.82, 2.24) is 30.1 Å². The monoisotopic (exact) mass is 682 g/mol. The van der Waals surface area contributed by atoms with Crippen LogP contribution in [0.2, 0.25) is 5.02 Å². The maximum Gasteiger partial charge on any atom is 0.270 e. The highest BCUT2D eigenvalue weighted by Gasteiger charge is 2.27. The van der Waals surface area contributed by atoms with Gasteiger partial charge >= 0.3 is 0 Å². The minimum absolute atomic E-state index is 0.0606. The van der Waals surface area contributed by atoms with E-state index in [0.29, 0.717) is 93.7 Å². The number of carbonyl (C=O) groups excluding carboxylic acids is 2. The van der Waals surface area contributed by atoms with E-state index in [1.165, 1.54) is 6.39 Å². The van der Waals surface area contributed by atoms with E-state index in [2.05, 4.69) is 30.5 Å². The molecule has 3 N–H and O–H groups in total. The fourth-order valence-corrected chi connectivity index (χ4v) is 6.31. The first kappa shape index (κ1) is 33.9. The summed E-state index contributed by atoms with van der Waals surface area (Å²) in [6.45, 7) is 11.0. The number of anilines is 2. The van der Waals surface area contributed by atoms with Gasteiger partial charge in [0.2, 0.25) is 11.9 Å². The fraction of sp³-hybridized carbons (Fsp3) is 0.545. The number of amides is 2. The highest BCUT2D eigenvalue weighted by molar-refractivity contribution is 6.33. The zero-order chi connectivity index (χ0) is 33.8. The molecule has 258 valence electrons. The molecule has 3 aliphatic heterocycles. The van der Waals surface area contributed by atoms with Crippen LogP contribution >= 0.6 is 11.6 Å². The van der Waals surface area contributed by atoms with Crippen LogP contribution in [0.15, 0.2) is 29.0 Å². The van der Waals surface area contributed by atoms with Crippen molar-refractivity contribution >= 4 is 35.2 Å². The van der Waals surface area contributed by atoms with Gasteiger partial charge < -0.3 is 39.4 Å². The molecule has 3 aliphatic rings. The van der Waals surface area contributed by atoms with Gasteiger partial charge in [0.25, 0.3) is 5.91 Å². The van der Waals surface area contributed by atoms with Crippen LogP contribution in [0.3, 0.4) is 0 Å². The van der Waals surface area contributed by atoms with Crippen LogP contribution in [-0.4, -0.2) is 113 Å². The zero-order valence-corrected chi connectivity index (χ0v) is 28.3. The molecule has 0 saturated carbocycles. The summed E-state index contributed by atoms with van der Waals surface area (Å²) in [4.78, 5) is 45.1. The van der Waals surface area contributed by atoms with Gasteiger partial charge in [0.05, 0.1) is 36.1 Å². The van der Waals surface area contributed by atoms with Gasteiger partial charge in [-0.3, -0.25) is 14.5 Å². The second-order valence-electron chi connectivity index (χ2n) is 12.8. The number of ether oxygens (including phenoxy) is 2. The molecule has 2 fully saturated rings. The highest BCUT2D eigenvalue weighted by atomic mass is 35.5. The summed E-state index contributed by atoms with van der Waals surface area (Å²) in [6.07, 6.45) is 1.31. The van der Waals surface area contributed by atoms with E-state index in [1.54, 1.807) is 6.07 Å². The summed E-state index contributed by atoms with van der Waals surface area (Å²) >= 11 is 6.72. The van der Waals surface area contributed by atoms with E-state index >= 15 is 0 Å². The van der Waals surface area contributed by atoms with Crippen molar-refractivity contribution in [2.75, 3.05) is 69.2 Å². The number of carbonyl (C=O) groups is 2. The van der Waals surface area contributed by atoms with Crippen LogP contribution in [0.25, 0.3) is 0 Å². The van der Waals surface area contributed by atoms with Gasteiger partial charge in [0.1, 0.15) is 23.9 Å². The quantitative estimate of drug-likeness (QED) is 0.256. The SMILES string of the molecule is Cc1ncoc1COc1ccc2c(c1Cl)CCN(C[C@@H](O)CNC(=O)c1cc(NC3COC3)nc(N3CCN(C(=O)C(C)C)CC3)n1)C2. The molecule has 5 heterocycles. The summed E-state index contributed by atoms with van der Waals surface area (Å²) < 4.78 is 16.6. The van der Waals surface area contributed by atoms with Crippen molar-refractivity contribution in [3.05, 3.63) is 57.9 Å². The van der Waals surface area contributed by atoms with E-state index in [1.807, 2.05) is 42.7 Å². The maximum atomic E-state index is 13.3. The minimum atomic E-state index is -0.795. The van der Waals surface area contributed by atoms with Crippen molar-refractivity contribution in [3.63, 3.8) is 0 Å². The average molecular weight is 683 g/mol. The van der Waals surface area contributed by atoms with Crippen LogP contribution in [0.4, 0.5) is 11.8 Å². The number of aryl methyl sites for hydroxylation is 1. The van der Waals surface area contributed by atoms with Gasteiger partial charge in [-0.25, -0.2) is 9.97 Å². The highest BCUT2D eigenvalue weighted by Crippen LogP contribution is 2.34. The van der Waals surface area contributed by atoms with Crippen molar-refractivity contribution < 1.29 is 28.6 Å². The Bertz CT molecular complexity index is 1610. The number of fused-ring (bicyclic) bond motifs is 1. The first-order chi connectivity index (χ1) is 23.1. The molecule has 2 saturated heterocycles. The number of hydrogen-bond donors (Lipinski definition) is 3. The minimum Gasteiger partial charge on any atom is -0.484 e. The Morgan fingerprint density at radius 2 is 1.94 bits per heavy atom. The van der Waals surface area contributed by atoms with Gasteiger partial charge in [0.15, 0.2) is 12.2 Å². The number of rotatable bonds is 12. The van der Waals surface area contributed by atoms with E-state index < -0.39 is 12.0 Å². The molecular weight excluding hydrogens is 640 g/mol. The Morgan fingerprint density at radius 3 is 2.62 bits per heavy atom. The molecule has 1 atom stereocenters. The number of halogens is 1. The van der Waals surface area contributed by atoms with Crippen molar-refractivity contribution in [2.45, 2.75) is 52.5 Å². The van der Waals surface area contributed by atoms with Crippen LogP contribution in [0.5, 0.6) is 5.75 Å². The third-order valence-corrected chi connectivity index (χ3v) is 9.27. The van der Waals surface area contributed by atoms with Gasteiger partial charge in [-0.2, -0.15) is 4.98 Å². The van der Waals surface area contributed by atoms with E-state index in [9.17, 15) is 14.7 Å². The molecule has 0 bridgehead atoms. The largest absolute Gasteiger partial charge is 0.484 e. The summed E-state index contributed by atoms with van der Waals surface area (Å²) in [5.41, 5.74) is 3.09. The van der Waals surface area contributed by atoms with Crippen molar-refractivity contribution in [3.8, 4) is 5.75 Å². The number of aliphatic hydroxyl groups excluding tert-OH is 1. The molecule has 0 aliphatic carbocycles. The van der Waals surface area contributed by atoms with Gasteiger partial charge in [-0.1, -0.05) is 31.5 Å². The smallest absolute Gasteiger partial charge is 0.270 e. The Morgan fingerprint density at radius 1 is 1.15 bits per heavy atom. The summed E-state index contributed by atoms with van der Waals surface area (Å²) in [7, 11) is 0. The Balaban J connectivity index is 1.03. The lowest BCUT2D eigenvalue weighted by molar-refractivity contribution is -0.134. The first-order valence-corrected chi connectivity index (χ1v) is 16.8. The number of aromatic nitrogens is 3. The molecule has 6 rings (SSSR count). The van der Waals surface area contributed by atoms with E-state index in [4.69, 9.17) is 25.5 Å². The van der Waals surface area contributed by atoms with Crippen molar-refractivity contribution in [1.29, 1.82) is 0 Å². The molecule has 0 spiro atoms. The predicted octanol–water partition coefficient (Wildman–Crippen LogP) is 2.27. The normalized spacial score (nSPS) is 17.5. The molecule has 1 aromatic carbocycles. The second-order valence-corrected chi connectivity index (χ2v) is 13.2. The lowest BCUT2D eigenvalue weighted by Gasteiger charge is -2.36. The number of benzene rings is 1. The molecule has 0 unspecified atom stereocenters. The molecule has 2 amide bonds.